The van der Waals surface area contributed by atoms with Gasteiger partial charge in [0.25, 0.3) is 0 Å². The van der Waals surface area contributed by atoms with Gasteiger partial charge in [-0.25, -0.2) is 0 Å². The maximum Gasteiger partial charge on any atom is 0.220 e. The van der Waals surface area contributed by atoms with Crippen LogP contribution in [0.2, 0.25) is 0 Å². The third kappa shape index (κ3) is 4.43. The molecule has 1 aromatic carbocycles. The molecule has 0 saturated heterocycles. The molecule has 2 N–H and O–H groups in total. The Hall–Kier alpha value is -2.93. The first-order chi connectivity index (χ1) is 13.3. The van der Waals surface area contributed by atoms with Gasteiger partial charge in [0, 0.05) is 38.3 Å². The summed E-state index contributed by atoms with van der Waals surface area (Å²) in [4.78, 5) is 12.6. The number of carbonyl (C=O) groups is 1. The Morgan fingerprint density at radius 1 is 1.26 bits per heavy atom. The van der Waals surface area contributed by atoms with Crippen LogP contribution in [0.1, 0.15) is 29.4 Å². The van der Waals surface area contributed by atoms with Gasteiger partial charge in [-0.3, -0.25) is 14.2 Å². The van der Waals surface area contributed by atoms with Gasteiger partial charge in [0.2, 0.25) is 5.91 Å². The number of nitrogens with one attached hydrogen (secondary N) is 2. The fraction of sp³-hybridized carbons (Fsp3) is 0.350. The quantitative estimate of drug-likeness (QED) is 0.669. The van der Waals surface area contributed by atoms with Crippen molar-refractivity contribution in [3.8, 4) is 0 Å². The number of aromatic nitrogens is 4. The van der Waals surface area contributed by atoms with Crippen LogP contribution in [-0.4, -0.2) is 32.0 Å². The van der Waals surface area contributed by atoms with Crippen LogP contribution >= 0.6 is 0 Å². The Balaban J connectivity index is 1.38. The summed E-state index contributed by atoms with van der Waals surface area (Å²) in [5, 5.41) is 15.4. The number of nitrogens with zero attached hydrogens (tertiary/aromatic N) is 4. The number of fused-ring (bicyclic) bond motifs is 1. The number of benzene rings is 1. The van der Waals surface area contributed by atoms with Crippen LogP contribution in [0.3, 0.4) is 0 Å². The Morgan fingerprint density at radius 3 is 2.93 bits per heavy atom. The largest absolute Gasteiger partial charge is 0.347 e. The molecule has 3 heterocycles. The van der Waals surface area contributed by atoms with E-state index in [9.17, 15) is 4.79 Å². The minimum absolute atomic E-state index is 0.0279. The van der Waals surface area contributed by atoms with E-state index in [1.54, 1.807) is 6.20 Å². The maximum atomic E-state index is 12.6. The third-order valence-corrected chi connectivity index (χ3v) is 4.79. The molecule has 0 aliphatic carbocycles. The van der Waals surface area contributed by atoms with Crippen LogP contribution in [0.25, 0.3) is 0 Å². The maximum absolute atomic E-state index is 12.6. The molecule has 0 saturated carbocycles. The zero-order chi connectivity index (χ0) is 18.5. The zero-order valence-electron chi connectivity index (χ0n) is 15.2. The summed E-state index contributed by atoms with van der Waals surface area (Å²) in [6.07, 6.45) is 4.73. The van der Waals surface area contributed by atoms with Crippen LogP contribution in [0.15, 0.2) is 54.9 Å². The highest BCUT2D eigenvalue weighted by molar-refractivity contribution is 5.76. The summed E-state index contributed by atoms with van der Waals surface area (Å²) >= 11 is 0. The predicted molar refractivity (Wildman–Crippen MR) is 102 cm³/mol. The van der Waals surface area contributed by atoms with Crippen molar-refractivity contribution in [2.45, 2.75) is 38.5 Å². The Bertz CT molecular complexity index is 848. The van der Waals surface area contributed by atoms with Crippen molar-refractivity contribution < 1.29 is 4.79 Å². The molecule has 2 aromatic heterocycles. The van der Waals surface area contributed by atoms with E-state index in [0.717, 1.165) is 30.9 Å². The predicted octanol–water partition coefficient (Wildman–Crippen LogP) is 1.67. The molecule has 1 unspecified atom stereocenters. The highest BCUT2D eigenvalue weighted by Crippen LogP contribution is 2.16. The van der Waals surface area contributed by atoms with Gasteiger partial charge in [0.05, 0.1) is 30.5 Å². The van der Waals surface area contributed by atoms with Crippen molar-refractivity contribution in [1.82, 2.24) is 30.2 Å². The van der Waals surface area contributed by atoms with Gasteiger partial charge in [-0.1, -0.05) is 30.3 Å². The number of aryl methyl sites for hydroxylation is 1. The van der Waals surface area contributed by atoms with Gasteiger partial charge in [-0.2, -0.15) is 10.2 Å². The van der Waals surface area contributed by atoms with Crippen LogP contribution in [0.4, 0.5) is 0 Å². The molecule has 1 aliphatic heterocycles. The van der Waals surface area contributed by atoms with Gasteiger partial charge in [0.15, 0.2) is 0 Å². The number of hydrogen-bond acceptors (Lipinski definition) is 4. The molecule has 7 nitrogen and oxygen atoms in total. The fourth-order valence-corrected chi connectivity index (χ4v) is 3.40. The molecule has 4 rings (SSSR count). The lowest BCUT2D eigenvalue weighted by Gasteiger charge is -2.19. The summed E-state index contributed by atoms with van der Waals surface area (Å²) < 4.78 is 3.88. The molecule has 27 heavy (non-hydrogen) atoms. The van der Waals surface area contributed by atoms with Crippen molar-refractivity contribution >= 4 is 5.91 Å². The number of amides is 1. The monoisotopic (exact) mass is 364 g/mol. The minimum Gasteiger partial charge on any atom is -0.347 e. The summed E-state index contributed by atoms with van der Waals surface area (Å²) in [5.74, 6) is 0.0279. The van der Waals surface area contributed by atoms with E-state index >= 15 is 0 Å². The second kappa shape index (κ2) is 8.18. The first-order valence-corrected chi connectivity index (χ1v) is 9.36. The van der Waals surface area contributed by atoms with Gasteiger partial charge < -0.3 is 10.6 Å². The average Bonchev–Trinajstić information content (AvgIpc) is 3.36. The second-order valence-corrected chi connectivity index (χ2v) is 6.79. The Kier molecular flexibility index (Phi) is 5.29. The normalized spacial score (nSPS) is 14.5. The summed E-state index contributed by atoms with van der Waals surface area (Å²) in [6.45, 7) is 3.29. The minimum atomic E-state index is -0.113. The third-order valence-electron chi connectivity index (χ3n) is 4.79. The van der Waals surface area contributed by atoms with Crippen molar-refractivity contribution in [2.75, 3.05) is 6.54 Å². The van der Waals surface area contributed by atoms with Gasteiger partial charge in [-0.05, 0) is 17.7 Å². The van der Waals surface area contributed by atoms with E-state index in [0.29, 0.717) is 19.4 Å². The average molecular weight is 364 g/mol. The molecular weight excluding hydrogens is 340 g/mol. The zero-order valence-corrected chi connectivity index (χ0v) is 15.2. The van der Waals surface area contributed by atoms with Crippen molar-refractivity contribution in [3.63, 3.8) is 0 Å². The lowest BCUT2D eigenvalue weighted by atomic mass is 10.1. The van der Waals surface area contributed by atoms with Gasteiger partial charge in [0.1, 0.15) is 0 Å². The molecule has 0 spiro atoms. The highest BCUT2D eigenvalue weighted by atomic mass is 16.1. The molecule has 0 fully saturated rings. The van der Waals surface area contributed by atoms with Crippen LogP contribution < -0.4 is 10.6 Å². The van der Waals surface area contributed by atoms with Crippen LogP contribution in [0, 0.1) is 0 Å². The number of hydrogen-bond donors (Lipinski definition) is 2. The molecule has 7 heteroatoms. The molecule has 0 bridgehead atoms. The molecule has 1 aliphatic rings. The smallest absolute Gasteiger partial charge is 0.220 e. The standard InChI is InChI=1S/C20H24N6O/c27-20(8-7-17-13-18-14-21-10-12-26(18)24-17)23-19(15-25-11-4-9-22-25)16-5-2-1-3-6-16/h1-6,9,11,13,19,21H,7-8,10,12,14-15H2,(H,23,27). The van der Waals surface area contributed by atoms with Crippen LogP contribution in [-0.2, 0) is 30.8 Å². The SMILES string of the molecule is O=C(CCc1cc2n(n1)CCNC2)NC(Cn1cccn1)c1ccccc1. The van der Waals surface area contributed by atoms with E-state index in [1.165, 1.54) is 5.69 Å². The molecule has 140 valence electrons. The Morgan fingerprint density at radius 2 is 2.15 bits per heavy atom. The first-order valence-electron chi connectivity index (χ1n) is 9.36. The summed E-state index contributed by atoms with van der Waals surface area (Å²) in [7, 11) is 0. The van der Waals surface area contributed by atoms with Crippen molar-refractivity contribution in [2.24, 2.45) is 0 Å². The number of carbonyl (C=O) groups excluding carboxylic acids is 1. The van der Waals surface area contributed by atoms with Crippen molar-refractivity contribution in [3.05, 3.63) is 71.8 Å². The molecular formula is C20H24N6O. The molecule has 1 amide bonds. The first kappa shape index (κ1) is 17.5. The van der Waals surface area contributed by atoms with Gasteiger partial charge in [-0.15, -0.1) is 0 Å². The lowest BCUT2D eigenvalue weighted by Crippen LogP contribution is -2.31. The van der Waals surface area contributed by atoms with E-state index in [4.69, 9.17) is 0 Å². The van der Waals surface area contributed by atoms with E-state index < -0.39 is 0 Å². The fourth-order valence-electron chi connectivity index (χ4n) is 3.40. The highest BCUT2D eigenvalue weighted by Gasteiger charge is 2.17. The van der Waals surface area contributed by atoms with Crippen molar-refractivity contribution in [1.29, 1.82) is 0 Å². The Labute approximate surface area is 158 Å². The molecule has 0 radical (unpaired) electrons. The van der Waals surface area contributed by atoms with E-state index in [1.807, 2.05) is 52.0 Å². The molecule has 1 atom stereocenters. The summed E-state index contributed by atoms with van der Waals surface area (Å²) in [5.41, 5.74) is 3.24. The second-order valence-electron chi connectivity index (χ2n) is 6.79. The summed E-state index contributed by atoms with van der Waals surface area (Å²) in [6, 6.07) is 13.9. The van der Waals surface area contributed by atoms with Gasteiger partial charge >= 0.3 is 0 Å². The lowest BCUT2D eigenvalue weighted by molar-refractivity contribution is -0.121. The van der Waals surface area contributed by atoms with E-state index in [-0.39, 0.29) is 11.9 Å². The topological polar surface area (TPSA) is 76.8 Å². The van der Waals surface area contributed by atoms with E-state index in [2.05, 4.69) is 26.9 Å². The van der Waals surface area contributed by atoms with Crippen LogP contribution in [0.5, 0.6) is 0 Å². The molecule has 3 aromatic rings. The number of rotatable bonds is 7.